The zero-order valence-corrected chi connectivity index (χ0v) is 13.8. The molecular weight excluding hydrogens is 260 g/mol. The highest BCUT2D eigenvalue weighted by Gasteiger charge is 2.20. The van der Waals surface area contributed by atoms with Gasteiger partial charge in [0.25, 0.3) is 0 Å². The number of pyridine rings is 1. The van der Waals surface area contributed by atoms with Crippen LogP contribution < -0.4 is 5.73 Å². The van der Waals surface area contributed by atoms with Crippen molar-refractivity contribution in [3.05, 3.63) is 35.8 Å². The van der Waals surface area contributed by atoms with Crippen LogP contribution in [0.15, 0.2) is 24.5 Å². The summed E-state index contributed by atoms with van der Waals surface area (Å²) in [6, 6.07) is 4.17. The van der Waals surface area contributed by atoms with Crippen molar-refractivity contribution in [3.8, 4) is 0 Å². The van der Waals surface area contributed by atoms with E-state index in [9.17, 15) is 0 Å². The first-order chi connectivity index (χ1) is 9.95. The van der Waals surface area contributed by atoms with E-state index >= 15 is 0 Å². The van der Waals surface area contributed by atoms with Crippen molar-refractivity contribution in [3.63, 3.8) is 0 Å². The minimum Gasteiger partial charge on any atom is -0.330 e. The van der Waals surface area contributed by atoms with Gasteiger partial charge in [-0.15, -0.1) is 0 Å². The van der Waals surface area contributed by atoms with Crippen molar-refractivity contribution >= 4 is 5.65 Å². The summed E-state index contributed by atoms with van der Waals surface area (Å²) in [7, 11) is 0. The van der Waals surface area contributed by atoms with Gasteiger partial charge in [0, 0.05) is 25.5 Å². The summed E-state index contributed by atoms with van der Waals surface area (Å²) in [4.78, 5) is 7.24. The Bertz CT molecular complexity index is 585. The highest BCUT2D eigenvalue weighted by molar-refractivity contribution is 5.47. The SMILES string of the molecule is CCCN(Cc1cn2cccc(C)c2n1)CC(C)(C)CN. The first-order valence-electron chi connectivity index (χ1n) is 7.81. The lowest BCUT2D eigenvalue weighted by Crippen LogP contribution is -2.38. The van der Waals surface area contributed by atoms with Crippen LogP contribution in [0.4, 0.5) is 0 Å². The monoisotopic (exact) mass is 288 g/mol. The molecular formula is C17H28N4. The third-order valence-electron chi connectivity index (χ3n) is 3.86. The van der Waals surface area contributed by atoms with Crippen LogP contribution in [-0.2, 0) is 6.54 Å². The summed E-state index contributed by atoms with van der Waals surface area (Å²) in [6.45, 7) is 12.5. The molecule has 0 aromatic carbocycles. The molecule has 0 unspecified atom stereocenters. The summed E-state index contributed by atoms with van der Waals surface area (Å²) < 4.78 is 2.11. The van der Waals surface area contributed by atoms with Gasteiger partial charge in [0.2, 0.25) is 0 Å². The molecule has 2 aromatic rings. The standard InChI is InChI=1S/C17H28N4/c1-5-8-20(13-17(3,4)12-18)10-15-11-21-9-6-7-14(2)16(21)19-15/h6-7,9,11H,5,8,10,12-13,18H2,1-4H3. The van der Waals surface area contributed by atoms with E-state index in [1.807, 2.05) is 0 Å². The van der Waals surface area contributed by atoms with Gasteiger partial charge < -0.3 is 10.1 Å². The Morgan fingerprint density at radius 3 is 2.76 bits per heavy atom. The summed E-state index contributed by atoms with van der Waals surface area (Å²) in [5, 5.41) is 0. The van der Waals surface area contributed by atoms with Crippen LogP contribution >= 0.6 is 0 Å². The first kappa shape index (κ1) is 16.0. The van der Waals surface area contributed by atoms with Crippen molar-refractivity contribution in [2.75, 3.05) is 19.6 Å². The predicted octanol–water partition coefficient (Wildman–Crippen LogP) is 2.84. The van der Waals surface area contributed by atoms with E-state index in [1.165, 1.54) is 5.56 Å². The third kappa shape index (κ3) is 4.05. The molecule has 0 atom stereocenters. The summed E-state index contributed by atoms with van der Waals surface area (Å²) in [5.74, 6) is 0. The predicted molar refractivity (Wildman–Crippen MR) is 88.3 cm³/mol. The van der Waals surface area contributed by atoms with E-state index in [0.717, 1.165) is 37.4 Å². The minimum absolute atomic E-state index is 0.143. The van der Waals surface area contributed by atoms with E-state index in [0.29, 0.717) is 6.54 Å². The fraction of sp³-hybridized carbons (Fsp3) is 0.588. The molecule has 116 valence electrons. The van der Waals surface area contributed by atoms with Crippen molar-refractivity contribution in [2.24, 2.45) is 11.1 Å². The summed E-state index contributed by atoms with van der Waals surface area (Å²) >= 11 is 0. The van der Waals surface area contributed by atoms with Crippen molar-refractivity contribution in [2.45, 2.75) is 40.7 Å². The lowest BCUT2D eigenvalue weighted by Gasteiger charge is -2.31. The molecule has 4 heteroatoms. The van der Waals surface area contributed by atoms with E-state index < -0.39 is 0 Å². The third-order valence-corrected chi connectivity index (χ3v) is 3.86. The average Bonchev–Trinajstić information content (AvgIpc) is 2.82. The number of hydrogen-bond donors (Lipinski definition) is 1. The van der Waals surface area contributed by atoms with Gasteiger partial charge in [-0.3, -0.25) is 4.90 Å². The fourth-order valence-electron chi connectivity index (χ4n) is 2.71. The fourth-order valence-corrected chi connectivity index (χ4v) is 2.71. The Kier molecular flexibility index (Phi) is 5.01. The Balaban J connectivity index is 2.16. The first-order valence-corrected chi connectivity index (χ1v) is 7.81. The maximum Gasteiger partial charge on any atom is 0.139 e. The molecule has 2 rings (SSSR count). The van der Waals surface area contributed by atoms with Gasteiger partial charge in [-0.25, -0.2) is 4.98 Å². The van der Waals surface area contributed by atoms with Gasteiger partial charge in [0.15, 0.2) is 0 Å². The second-order valence-electron chi connectivity index (χ2n) is 6.73. The van der Waals surface area contributed by atoms with Crippen LogP contribution in [0.5, 0.6) is 0 Å². The van der Waals surface area contributed by atoms with Gasteiger partial charge in [0.1, 0.15) is 5.65 Å². The normalized spacial score (nSPS) is 12.5. The highest BCUT2D eigenvalue weighted by atomic mass is 15.1. The largest absolute Gasteiger partial charge is 0.330 e. The van der Waals surface area contributed by atoms with Crippen molar-refractivity contribution in [1.29, 1.82) is 0 Å². The highest BCUT2D eigenvalue weighted by Crippen LogP contribution is 2.18. The van der Waals surface area contributed by atoms with Crippen LogP contribution in [0.1, 0.15) is 38.4 Å². The van der Waals surface area contributed by atoms with E-state index in [2.05, 4.69) is 61.5 Å². The molecule has 0 bridgehead atoms. The molecule has 2 heterocycles. The average molecular weight is 288 g/mol. The van der Waals surface area contributed by atoms with Crippen LogP contribution in [0.3, 0.4) is 0 Å². The molecule has 4 nitrogen and oxygen atoms in total. The zero-order chi connectivity index (χ0) is 15.5. The van der Waals surface area contributed by atoms with Gasteiger partial charge in [-0.1, -0.05) is 26.8 Å². The number of imidazole rings is 1. The zero-order valence-electron chi connectivity index (χ0n) is 13.8. The molecule has 2 N–H and O–H groups in total. The van der Waals surface area contributed by atoms with E-state index in [-0.39, 0.29) is 5.41 Å². The molecule has 0 aliphatic carbocycles. The number of hydrogen-bond acceptors (Lipinski definition) is 3. The smallest absolute Gasteiger partial charge is 0.139 e. The number of rotatable bonds is 7. The molecule has 2 aromatic heterocycles. The second kappa shape index (κ2) is 6.58. The second-order valence-corrected chi connectivity index (χ2v) is 6.73. The Hall–Kier alpha value is -1.39. The number of aromatic nitrogens is 2. The Morgan fingerprint density at radius 1 is 1.38 bits per heavy atom. The van der Waals surface area contributed by atoms with Crippen molar-refractivity contribution < 1.29 is 0 Å². The number of nitrogens with two attached hydrogens (primary N) is 1. The van der Waals surface area contributed by atoms with Gasteiger partial charge in [0.05, 0.1) is 5.69 Å². The Morgan fingerprint density at radius 2 is 2.14 bits per heavy atom. The number of aryl methyl sites for hydroxylation is 1. The van der Waals surface area contributed by atoms with Crippen LogP contribution in [0, 0.1) is 12.3 Å². The molecule has 21 heavy (non-hydrogen) atoms. The molecule has 0 saturated heterocycles. The number of nitrogens with zero attached hydrogens (tertiary/aromatic N) is 3. The van der Waals surface area contributed by atoms with Crippen molar-refractivity contribution in [1.82, 2.24) is 14.3 Å². The molecule has 0 amide bonds. The molecule has 0 radical (unpaired) electrons. The molecule has 0 spiro atoms. The molecule has 0 aliphatic heterocycles. The quantitative estimate of drug-likeness (QED) is 0.852. The Labute approximate surface area is 128 Å². The van der Waals surface area contributed by atoms with Gasteiger partial charge in [-0.05, 0) is 43.5 Å². The van der Waals surface area contributed by atoms with Crippen LogP contribution in [0.25, 0.3) is 5.65 Å². The van der Waals surface area contributed by atoms with Crippen LogP contribution in [0.2, 0.25) is 0 Å². The summed E-state index contributed by atoms with van der Waals surface area (Å²) in [6.07, 6.45) is 5.35. The lowest BCUT2D eigenvalue weighted by molar-refractivity contribution is 0.174. The molecule has 0 fully saturated rings. The minimum atomic E-state index is 0.143. The maximum atomic E-state index is 5.88. The summed E-state index contributed by atoms with van der Waals surface area (Å²) in [5.41, 5.74) is 9.43. The van der Waals surface area contributed by atoms with Crippen LogP contribution in [-0.4, -0.2) is 33.9 Å². The molecule has 0 aliphatic rings. The van der Waals surface area contributed by atoms with Gasteiger partial charge >= 0.3 is 0 Å². The lowest BCUT2D eigenvalue weighted by atomic mass is 9.93. The number of fused-ring (bicyclic) bond motifs is 1. The van der Waals surface area contributed by atoms with Gasteiger partial charge in [-0.2, -0.15) is 0 Å². The van der Waals surface area contributed by atoms with E-state index in [1.54, 1.807) is 0 Å². The van der Waals surface area contributed by atoms with E-state index in [4.69, 9.17) is 10.7 Å². The topological polar surface area (TPSA) is 46.6 Å². The maximum absolute atomic E-state index is 5.88. The molecule has 0 saturated carbocycles.